The van der Waals surface area contributed by atoms with Crippen molar-refractivity contribution in [1.29, 1.82) is 0 Å². The lowest BCUT2D eigenvalue weighted by molar-refractivity contribution is 0.0628. The second kappa shape index (κ2) is 7.60. The molecule has 0 saturated carbocycles. The van der Waals surface area contributed by atoms with Crippen molar-refractivity contribution in [2.75, 3.05) is 33.0 Å². The molecule has 0 spiro atoms. The van der Waals surface area contributed by atoms with E-state index < -0.39 is 0 Å². The standard InChI is InChI=1S/C22H25N5O3/c1-15(2)27-13-24-18-10-17(11-23-21(18)27)22(28)26-7-5-25(6-8-26)12-16-3-4-19-20(9-16)30-14-29-19/h3-4,9-11,13,15H,5-8,12,14H2,1-2H3. The monoisotopic (exact) mass is 407 g/mol. The van der Waals surface area contributed by atoms with Gasteiger partial charge in [0.1, 0.15) is 5.52 Å². The van der Waals surface area contributed by atoms with Crippen molar-refractivity contribution in [2.45, 2.75) is 26.4 Å². The van der Waals surface area contributed by atoms with Crippen molar-refractivity contribution in [3.63, 3.8) is 0 Å². The third kappa shape index (κ3) is 3.47. The number of benzene rings is 1. The Bertz CT molecular complexity index is 1090. The molecule has 2 aliphatic rings. The molecule has 30 heavy (non-hydrogen) atoms. The van der Waals surface area contributed by atoms with E-state index in [2.05, 4.69) is 34.8 Å². The number of carbonyl (C=O) groups excluding carboxylic acids is 1. The van der Waals surface area contributed by atoms with E-state index in [1.54, 1.807) is 12.5 Å². The number of nitrogens with zero attached hydrogens (tertiary/aromatic N) is 5. The largest absolute Gasteiger partial charge is 0.454 e. The van der Waals surface area contributed by atoms with Gasteiger partial charge in [0.05, 0.1) is 11.9 Å². The van der Waals surface area contributed by atoms with Gasteiger partial charge in [-0.2, -0.15) is 0 Å². The maximum absolute atomic E-state index is 13.0. The van der Waals surface area contributed by atoms with Crippen LogP contribution in [0.25, 0.3) is 11.2 Å². The Kier molecular flexibility index (Phi) is 4.78. The smallest absolute Gasteiger partial charge is 0.255 e. The molecular weight excluding hydrogens is 382 g/mol. The number of rotatable bonds is 4. The minimum Gasteiger partial charge on any atom is -0.454 e. The fourth-order valence-corrected chi connectivity index (χ4v) is 4.00. The minimum absolute atomic E-state index is 0.0197. The molecule has 2 aromatic heterocycles. The predicted molar refractivity (Wildman–Crippen MR) is 112 cm³/mol. The molecule has 0 aliphatic carbocycles. The number of ether oxygens (including phenoxy) is 2. The van der Waals surface area contributed by atoms with Crippen LogP contribution in [0.3, 0.4) is 0 Å². The SMILES string of the molecule is CC(C)n1cnc2cc(C(=O)N3CCN(Cc4ccc5c(c4)OCO5)CC3)cnc21. The fraction of sp³-hybridized carbons (Fsp3) is 0.409. The van der Waals surface area contributed by atoms with Crippen molar-refractivity contribution in [3.8, 4) is 11.5 Å². The number of pyridine rings is 1. The summed E-state index contributed by atoms with van der Waals surface area (Å²) < 4.78 is 12.9. The molecule has 3 aromatic rings. The molecule has 0 atom stereocenters. The van der Waals surface area contributed by atoms with Crippen LogP contribution < -0.4 is 9.47 Å². The molecule has 1 amide bonds. The number of hydrogen-bond donors (Lipinski definition) is 0. The number of fused-ring (bicyclic) bond motifs is 2. The highest BCUT2D eigenvalue weighted by Gasteiger charge is 2.24. The first-order valence-electron chi connectivity index (χ1n) is 10.3. The van der Waals surface area contributed by atoms with Gasteiger partial charge in [-0.15, -0.1) is 0 Å². The molecule has 2 aliphatic heterocycles. The van der Waals surface area contributed by atoms with Gasteiger partial charge in [-0.25, -0.2) is 9.97 Å². The number of piperazine rings is 1. The molecule has 4 heterocycles. The minimum atomic E-state index is 0.0197. The van der Waals surface area contributed by atoms with E-state index in [1.807, 2.05) is 27.7 Å². The van der Waals surface area contributed by atoms with E-state index in [9.17, 15) is 4.79 Å². The quantitative estimate of drug-likeness (QED) is 0.662. The summed E-state index contributed by atoms with van der Waals surface area (Å²) in [6.07, 6.45) is 3.45. The first-order valence-corrected chi connectivity index (χ1v) is 10.3. The van der Waals surface area contributed by atoms with Crippen LogP contribution in [0.4, 0.5) is 0 Å². The molecule has 0 radical (unpaired) electrons. The highest BCUT2D eigenvalue weighted by Crippen LogP contribution is 2.32. The summed E-state index contributed by atoms with van der Waals surface area (Å²) in [7, 11) is 0. The second-order valence-corrected chi connectivity index (χ2v) is 8.07. The van der Waals surface area contributed by atoms with Gasteiger partial charge in [-0.1, -0.05) is 6.07 Å². The van der Waals surface area contributed by atoms with Gasteiger partial charge in [-0.3, -0.25) is 9.69 Å². The molecule has 1 aromatic carbocycles. The molecule has 0 bridgehead atoms. The maximum atomic E-state index is 13.0. The molecule has 0 N–H and O–H groups in total. The van der Waals surface area contributed by atoms with Crippen LogP contribution in [0.5, 0.6) is 11.5 Å². The van der Waals surface area contributed by atoms with Crippen LogP contribution in [-0.4, -0.2) is 63.2 Å². The normalized spacial score (nSPS) is 16.6. The molecule has 8 heteroatoms. The topological polar surface area (TPSA) is 72.7 Å². The Labute approximate surface area is 175 Å². The Hall–Kier alpha value is -3.13. The third-order valence-corrected chi connectivity index (χ3v) is 5.72. The zero-order valence-corrected chi connectivity index (χ0v) is 17.2. The van der Waals surface area contributed by atoms with Gasteiger partial charge in [-0.05, 0) is 37.6 Å². The summed E-state index contributed by atoms with van der Waals surface area (Å²) in [5, 5.41) is 0. The van der Waals surface area contributed by atoms with E-state index in [0.717, 1.165) is 42.3 Å². The van der Waals surface area contributed by atoms with Crippen molar-refractivity contribution in [2.24, 2.45) is 0 Å². The Morgan fingerprint density at radius 2 is 1.87 bits per heavy atom. The molecule has 5 rings (SSSR count). The molecule has 8 nitrogen and oxygen atoms in total. The Balaban J connectivity index is 1.22. The lowest BCUT2D eigenvalue weighted by Gasteiger charge is -2.34. The highest BCUT2D eigenvalue weighted by atomic mass is 16.7. The summed E-state index contributed by atoms with van der Waals surface area (Å²) in [5.74, 6) is 1.63. The molecule has 1 fully saturated rings. The van der Waals surface area contributed by atoms with Crippen molar-refractivity contribution >= 4 is 17.1 Å². The Morgan fingerprint density at radius 1 is 1.07 bits per heavy atom. The average Bonchev–Trinajstić information content (AvgIpc) is 3.39. The van der Waals surface area contributed by atoms with Gasteiger partial charge < -0.3 is 18.9 Å². The lowest BCUT2D eigenvalue weighted by Crippen LogP contribution is -2.48. The van der Waals surface area contributed by atoms with E-state index in [0.29, 0.717) is 18.7 Å². The Morgan fingerprint density at radius 3 is 2.67 bits per heavy atom. The van der Waals surface area contributed by atoms with Gasteiger partial charge in [0.2, 0.25) is 6.79 Å². The van der Waals surface area contributed by atoms with Gasteiger partial charge in [0.15, 0.2) is 17.1 Å². The first-order chi connectivity index (χ1) is 14.6. The molecule has 156 valence electrons. The summed E-state index contributed by atoms with van der Waals surface area (Å²) in [6.45, 7) is 8.35. The molecule has 1 saturated heterocycles. The van der Waals surface area contributed by atoms with E-state index >= 15 is 0 Å². The van der Waals surface area contributed by atoms with Crippen LogP contribution in [0, 0.1) is 0 Å². The summed E-state index contributed by atoms with van der Waals surface area (Å²) in [5.41, 5.74) is 3.36. The fourth-order valence-electron chi connectivity index (χ4n) is 4.00. The summed E-state index contributed by atoms with van der Waals surface area (Å²) in [4.78, 5) is 26.1. The van der Waals surface area contributed by atoms with Crippen LogP contribution in [0.1, 0.15) is 35.8 Å². The van der Waals surface area contributed by atoms with E-state index in [1.165, 1.54) is 5.56 Å². The van der Waals surface area contributed by atoms with Crippen LogP contribution in [0.2, 0.25) is 0 Å². The summed E-state index contributed by atoms with van der Waals surface area (Å²) >= 11 is 0. The zero-order chi connectivity index (χ0) is 20.7. The first kappa shape index (κ1) is 18.9. The van der Waals surface area contributed by atoms with Crippen LogP contribution in [0.15, 0.2) is 36.8 Å². The number of imidazole rings is 1. The third-order valence-electron chi connectivity index (χ3n) is 5.72. The number of aromatic nitrogens is 3. The highest BCUT2D eigenvalue weighted by molar-refractivity contribution is 5.96. The maximum Gasteiger partial charge on any atom is 0.255 e. The van der Waals surface area contributed by atoms with Gasteiger partial charge in [0, 0.05) is 45.0 Å². The number of hydrogen-bond acceptors (Lipinski definition) is 6. The van der Waals surface area contributed by atoms with Crippen molar-refractivity contribution < 1.29 is 14.3 Å². The number of amides is 1. The summed E-state index contributed by atoms with van der Waals surface area (Å²) in [6, 6.07) is 8.20. The van der Waals surface area contributed by atoms with Gasteiger partial charge >= 0.3 is 0 Å². The average molecular weight is 407 g/mol. The van der Waals surface area contributed by atoms with Crippen molar-refractivity contribution in [3.05, 3.63) is 47.9 Å². The second-order valence-electron chi connectivity index (χ2n) is 8.07. The van der Waals surface area contributed by atoms with E-state index in [4.69, 9.17) is 9.47 Å². The van der Waals surface area contributed by atoms with Gasteiger partial charge in [0.25, 0.3) is 5.91 Å². The van der Waals surface area contributed by atoms with Crippen LogP contribution in [-0.2, 0) is 6.54 Å². The van der Waals surface area contributed by atoms with Crippen LogP contribution >= 0.6 is 0 Å². The predicted octanol–water partition coefficient (Wildman–Crippen LogP) is 2.70. The van der Waals surface area contributed by atoms with Crippen molar-refractivity contribution in [1.82, 2.24) is 24.3 Å². The zero-order valence-electron chi connectivity index (χ0n) is 17.2. The molecular formula is C22H25N5O3. The van der Waals surface area contributed by atoms with E-state index in [-0.39, 0.29) is 18.7 Å². The molecule has 0 unspecified atom stereocenters. The number of carbonyl (C=O) groups is 1. The lowest BCUT2D eigenvalue weighted by atomic mass is 10.1.